The standard InChI is InChI=1S/C28H26ClN3O4/c29-21-12-13-22-23(14-16-31-24(22)18-21)30-15-7-17-36-28(35)26(33)25(19-8-3-1-4-9-19)32-27(34)20-10-5-2-6-11-20/h1-6,8-14,16,18,25-26,33H,7,15,17H2,(H,30,31)(H,32,34)/t25-,26+/m1/s1. The molecule has 7 nitrogen and oxygen atoms in total. The van der Waals surface area contributed by atoms with Crippen molar-refractivity contribution in [3.05, 3.63) is 107 Å². The van der Waals surface area contributed by atoms with E-state index < -0.39 is 24.0 Å². The molecule has 1 aromatic heterocycles. The van der Waals surface area contributed by atoms with Crippen molar-refractivity contribution in [3.8, 4) is 0 Å². The molecule has 4 rings (SSSR count). The van der Waals surface area contributed by atoms with Crippen molar-refractivity contribution in [2.24, 2.45) is 0 Å². The Morgan fingerprint density at radius 1 is 0.972 bits per heavy atom. The minimum absolute atomic E-state index is 0.103. The van der Waals surface area contributed by atoms with Crippen LogP contribution < -0.4 is 10.6 Å². The van der Waals surface area contributed by atoms with Crippen LogP contribution in [0.15, 0.2) is 91.1 Å². The minimum atomic E-state index is -1.57. The van der Waals surface area contributed by atoms with Crippen LogP contribution in [0.5, 0.6) is 0 Å². The number of esters is 1. The summed E-state index contributed by atoms with van der Waals surface area (Å²) in [6.07, 6.45) is 0.648. The van der Waals surface area contributed by atoms with Crippen LogP contribution in [-0.4, -0.2) is 41.2 Å². The molecule has 184 valence electrons. The maximum Gasteiger partial charge on any atom is 0.337 e. The van der Waals surface area contributed by atoms with E-state index in [1.165, 1.54) is 0 Å². The topological polar surface area (TPSA) is 101 Å². The predicted molar refractivity (Wildman–Crippen MR) is 140 cm³/mol. The zero-order valence-corrected chi connectivity index (χ0v) is 20.2. The highest BCUT2D eigenvalue weighted by Gasteiger charge is 2.30. The van der Waals surface area contributed by atoms with Gasteiger partial charge in [-0.15, -0.1) is 0 Å². The number of hydrogen-bond acceptors (Lipinski definition) is 6. The number of anilines is 1. The summed E-state index contributed by atoms with van der Waals surface area (Å²) < 4.78 is 5.32. The quantitative estimate of drug-likeness (QED) is 0.213. The van der Waals surface area contributed by atoms with Gasteiger partial charge in [-0.3, -0.25) is 9.78 Å². The normalized spacial score (nSPS) is 12.5. The second-order valence-electron chi connectivity index (χ2n) is 8.14. The van der Waals surface area contributed by atoms with E-state index in [9.17, 15) is 14.7 Å². The molecule has 0 spiro atoms. The smallest absolute Gasteiger partial charge is 0.337 e. The molecule has 2 atom stereocenters. The molecule has 3 N–H and O–H groups in total. The van der Waals surface area contributed by atoms with E-state index in [1.54, 1.807) is 72.9 Å². The fourth-order valence-electron chi connectivity index (χ4n) is 3.78. The Bertz CT molecular complexity index is 1320. The summed E-state index contributed by atoms with van der Waals surface area (Å²) in [5.41, 5.74) is 2.70. The molecule has 0 bridgehead atoms. The molecule has 0 unspecified atom stereocenters. The van der Waals surface area contributed by atoms with Crippen LogP contribution in [-0.2, 0) is 9.53 Å². The molecular weight excluding hydrogens is 478 g/mol. The lowest BCUT2D eigenvalue weighted by Crippen LogP contribution is -2.41. The van der Waals surface area contributed by atoms with Gasteiger partial charge in [0, 0.05) is 34.4 Å². The van der Waals surface area contributed by atoms with Gasteiger partial charge < -0.3 is 20.5 Å². The summed E-state index contributed by atoms with van der Waals surface area (Å²) in [6.45, 7) is 0.643. The number of hydrogen-bond donors (Lipinski definition) is 3. The number of amides is 1. The number of carbonyl (C=O) groups excluding carboxylic acids is 2. The maximum atomic E-state index is 12.7. The zero-order chi connectivity index (χ0) is 25.3. The summed E-state index contributed by atoms with van der Waals surface area (Å²) in [7, 11) is 0. The molecular formula is C28H26ClN3O4. The molecule has 1 amide bonds. The van der Waals surface area contributed by atoms with Crippen molar-refractivity contribution < 1.29 is 19.4 Å². The van der Waals surface area contributed by atoms with Gasteiger partial charge in [0.25, 0.3) is 5.91 Å². The number of carbonyl (C=O) groups is 2. The van der Waals surface area contributed by atoms with Gasteiger partial charge >= 0.3 is 5.97 Å². The van der Waals surface area contributed by atoms with Gasteiger partial charge in [0.1, 0.15) is 0 Å². The molecule has 8 heteroatoms. The van der Waals surface area contributed by atoms with Crippen molar-refractivity contribution in [3.63, 3.8) is 0 Å². The molecule has 4 aromatic rings. The number of fused-ring (bicyclic) bond motifs is 1. The number of halogens is 1. The van der Waals surface area contributed by atoms with Crippen LogP contribution >= 0.6 is 11.6 Å². The average molecular weight is 504 g/mol. The van der Waals surface area contributed by atoms with Gasteiger partial charge in [-0.1, -0.05) is 60.1 Å². The molecule has 0 radical (unpaired) electrons. The number of benzene rings is 3. The Hall–Kier alpha value is -3.94. The Balaban J connectivity index is 1.33. The third-order valence-electron chi connectivity index (χ3n) is 5.62. The van der Waals surface area contributed by atoms with E-state index in [1.807, 2.05) is 18.2 Å². The first kappa shape index (κ1) is 25.2. The van der Waals surface area contributed by atoms with E-state index in [4.69, 9.17) is 16.3 Å². The van der Waals surface area contributed by atoms with E-state index >= 15 is 0 Å². The van der Waals surface area contributed by atoms with Gasteiger partial charge in [0.2, 0.25) is 0 Å². The Morgan fingerprint density at radius 3 is 2.44 bits per heavy atom. The largest absolute Gasteiger partial charge is 0.464 e. The lowest BCUT2D eigenvalue weighted by atomic mass is 10.0. The molecule has 0 aliphatic heterocycles. The van der Waals surface area contributed by atoms with Crippen LogP contribution in [0, 0.1) is 0 Å². The third-order valence-corrected chi connectivity index (χ3v) is 5.86. The number of aromatic nitrogens is 1. The highest BCUT2D eigenvalue weighted by molar-refractivity contribution is 6.31. The summed E-state index contributed by atoms with van der Waals surface area (Å²) >= 11 is 6.04. The monoisotopic (exact) mass is 503 g/mol. The fraction of sp³-hybridized carbons (Fsp3) is 0.179. The first-order valence-corrected chi connectivity index (χ1v) is 11.9. The molecule has 0 aliphatic rings. The Labute approximate surface area is 214 Å². The van der Waals surface area contributed by atoms with Crippen LogP contribution in [0.25, 0.3) is 10.9 Å². The number of aliphatic hydroxyl groups excluding tert-OH is 1. The Kier molecular flexibility index (Phi) is 8.49. The number of nitrogens with zero attached hydrogens (tertiary/aromatic N) is 1. The van der Waals surface area contributed by atoms with Crippen molar-refractivity contribution in [2.45, 2.75) is 18.6 Å². The summed E-state index contributed by atoms with van der Waals surface area (Å²) in [4.78, 5) is 29.7. The van der Waals surface area contributed by atoms with Crippen molar-refractivity contribution in [1.29, 1.82) is 0 Å². The highest BCUT2D eigenvalue weighted by atomic mass is 35.5. The van der Waals surface area contributed by atoms with Crippen LogP contribution in [0.3, 0.4) is 0 Å². The van der Waals surface area contributed by atoms with E-state index in [2.05, 4.69) is 15.6 Å². The maximum absolute atomic E-state index is 12.7. The molecule has 3 aromatic carbocycles. The van der Waals surface area contributed by atoms with E-state index in [-0.39, 0.29) is 6.61 Å². The summed E-state index contributed by atoms with van der Waals surface area (Å²) in [6, 6.07) is 23.9. The zero-order valence-electron chi connectivity index (χ0n) is 19.4. The van der Waals surface area contributed by atoms with Crippen LogP contribution in [0.2, 0.25) is 5.02 Å². The van der Waals surface area contributed by atoms with Gasteiger partial charge in [0.15, 0.2) is 6.10 Å². The first-order chi connectivity index (χ1) is 17.5. The molecule has 0 fully saturated rings. The molecule has 0 aliphatic carbocycles. The third kappa shape index (κ3) is 6.38. The summed E-state index contributed by atoms with van der Waals surface area (Å²) in [5.74, 6) is -1.20. The Morgan fingerprint density at radius 2 is 1.69 bits per heavy atom. The number of nitrogens with one attached hydrogen (secondary N) is 2. The highest BCUT2D eigenvalue weighted by Crippen LogP contribution is 2.24. The van der Waals surface area contributed by atoms with Gasteiger partial charge in [-0.05, 0) is 48.4 Å². The minimum Gasteiger partial charge on any atom is -0.464 e. The lowest BCUT2D eigenvalue weighted by molar-refractivity contribution is -0.155. The average Bonchev–Trinajstić information content (AvgIpc) is 2.91. The number of rotatable bonds is 10. The number of ether oxygens (including phenoxy) is 1. The summed E-state index contributed by atoms with van der Waals surface area (Å²) in [5, 5.41) is 18.4. The molecule has 36 heavy (non-hydrogen) atoms. The van der Waals surface area contributed by atoms with E-state index in [0.29, 0.717) is 29.1 Å². The van der Waals surface area contributed by atoms with Crippen LogP contribution in [0.4, 0.5) is 5.69 Å². The SMILES string of the molecule is O=C(N[C@H](c1ccccc1)[C@H](O)C(=O)OCCCNc1ccnc2cc(Cl)ccc12)c1ccccc1. The second kappa shape index (κ2) is 12.2. The molecule has 0 saturated carbocycles. The lowest BCUT2D eigenvalue weighted by Gasteiger charge is -2.23. The molecule has 1 heterocycles. The van der Waals surface area contributed by atoms with Crippen molar-refractivity contribution in [2.75, 3.05) is 18.5 Å². The predicted octanol–water partition coefficient (Wildman–Crippen LogP) is 4.77. The second-order valence-corrected chi connectivity index (χ2v) is 8.58. The van der Waals surface area contributed by atoms with Crippen molar-refractivity contribution >= 4 is 40.1 Å². The van der Waals surface area contributed by atoms with Crippen molar-refractivity contribution in [1.82, 2.24) is 10.3 Å². The van der Waals surface area contributed by atoms with Crippen LogP contribution in [0.1, 0.15) is 28.4 Å². The first-order valence-electron chi connectivity index (χ1n) is 11.6. The van der Waals surface area contributed by atoms with E-state index in [0.717, 1.165) is 16.6 Å². The number of pyridine rings is 1. The van der Waals surface area contributed by atoms with Gasteiger partial charge in [0.05, 0.1) is 18.2 Å². The number of aliphatic hydroxyl groups is 1. The van der Waals surface area contributed by atoms with Gasteiger partial charge in [-0.2, -0.15) is 0 Å². The fourth-order valence-corrected chi connectivity index (χ4v) is 3.95. The van der Waals surface area contributed by atoms with Gasteiger partial charge in [-0.25, -0.2) is 4.79 Å². The molecule has 0 saturated heterocycles.